The Kier molecular flexibility index (Phi) is 7.36. The summed E-state index contributed by atoms with van der Waals surface area (Å²) in [5.74, 6) is 0. The Bertz CT molecular complexity index is 982. The van der Waals surface area contributed by atoms with Crippen molar-refractivity contribution >= 4 is 46.4 Å². The normalized spacial score (nSPS) is 14.3. The molecule has 0 radical (unpaired) electrons. The standard InChI is InChI=1S/C22H26Cl2N4O4/c1-22(2,3)32-21(29)27-8-6-26(7-9-27)18-4-5-20(28(30)31)19(13-18)25-14-15-10-16(23)12-17(24)11-15/h4-5,10-13,25H,6-9,14H2,1-3H3. The SMILES string of the molecule is CC(C)(C)OC(=O)N1CCN(c2ccc([N+](=O)[O-])c(NCc3cc(Cl)cc(Cl)c3)c2)CC1. The Balaban J connectivity index is 1.70. The van der Waals surface area contributed by atoms with E-state index in [0.29, 0.717) is 48.5 Å². The number of halogens is 2. The Labute approximate surface area is 197 Å². The van der Waals surface area contributed by atoms with Crippen LogP contribution in [0, 0.1) is 10.1 Å². The highest BCUT2D eigenvalue weighted by atomic mass is 35.5. The third kappa shape index (κ3) is 6.40. The van der Waals surface area contributed by atoms with Gasteiger partial charge in [-0.15, -0.1) is 0 Å². The van der Waals surface area contributed by atoms with E-state index in [2.05, 4.69) is 10.2 Å². The van der Waals surface area contributed by atoms with Gasteiger partial charge < -0.3 is 19.9 Å². The van der Waals surface area contributed by atoms with Gasteiger partial charge >= 0.3 is 6.09 Å². The van der Waals surface area contributed by atoms with E-state index in [1.165, 1.54) is 6.07 Å². The fourth-order valence-electron chi connectivity index (χ4n) is 3.41. The highest BCUT2D eigenvalue weighted by Gasteiger charge is 2.26. The number of nitrogens with zero attached hydrogens (tertiary/aromatic N) is 3. The van der Waals surface area contributed by atoms with E-state index >= 15 is 0 Å². The first-order chi connectivity index (χ1) is 15.0. The molecule has 0 aromatic heterocycles. The highest BCUT2D eigenvalue weighted by molar-refractivity contribution is 6.34. The van der Waals surface area contributed by atoms with Gasteiger partial charge in [-0.2, -0.15) is 0 Å². The fourth-order valence-corrected chi connectivity index (χ4v) is 3.98. The van der Waals surface area contributed by atoms with Gasteiger partial charge in [0.1, 0.15) is 11.3 Å². The number of rotatable bonds is 5. The van der Waals surface area contributed by atoms with Gasteiger partial charge in [-0.3, -0.25) is 10.1 Å². The van der Waals surface area contributed by atoms with Gasteiger partial charge in [0.15, 0.2) is 0 Å². The third-order valence-corrected chi connectivity index (χ3v) is 5.32. The van der Waals surface area contributed by atoms with E-state index in [1.807, 2.05) is 20.8 Å². The number of hydrogen-bond acceptors (Lipinski definition) is 6. The van der Waals surface area contributed by atoms with Crippen molar-refractivity contribution in [3.63, 3.8) is 0 Å². The molecule has 0 unspecified atom stereocenters. The summed E-state index contributed by atoms with van der Waals surface area (Å²) in [7, 11) is 0. The second kappa shape index (κ2) is 9.83. The summed E-state index contributed by atoms with van der Waals surface area (Å²) in [6.45, 7) is 8.06. The van der Waals surface area contributed by atoms with Crippen LogP contribution in [0.4, 0.5) is 21.9 Å². The maximum Gasteiger partial charge on any atom is 0.410 e. The predicted molar refractivity (Wildman–Crippen MR) is 127 cm³/mol. The third-order valence-electron chi connectivity index (χ3n) is 4.88. The van der Waals surface area contributed by atoms with Crippen molar-refractivity contribution in [1.29, 1.82) is 0 Å². The van der Waals surface area contributed by atoms with Crippen molar-refractivity contribution in [2.75, 3.05) is 36.4 Å². The van der Waals surface area contributed by atoms with Gasteiger partial charge in [0.2, 0.25) is 0 Å². The molecule has 1 saturated heterocycles. The van der Waals surface area contributed by atoms with Crippen LogP contribution in [0.2, 0.25) is 10.0 Å². The molecule has 0 bridgehead atoms. The zero-order valence-electron chi connectivity index (χ0n) is 18.2. The molecule has 1 fully saturated rings. The number of anilines is 2. The topological polar surface area (TPSA) is 88.0 Å². The molecule has 1 aliphatic rings. The lowest BCUT2D eigenvalue weighted by molar-refractivity contribution is -0.384. The van der Waals surface area contributed by atoms with E-state index in [4.69, 9.17) is 27.9 Å². The van der Waals surface area contributed by atoms with Crippen LogP contribution in [0.15, 0.2) is 36.4 Å². The average Bonchev–Trinajstić information content (AvgIpc) is 2.70. The van der Waals surface area contributed by atoms with Crippen LogP contribution in [0.1, 0.15) is 26.3 Å². The summed E-state index contributed by atoms with van der Waals surface area (Å²) in [5, 5.41) is 15.6. The summed E-state index contributed by atoms with van der Waals surface area (Å²) in [6.07, 6.45) is -0.330. The van der Waals surface area contributed by atoms with Gasteiger partial charge in [0, 0.05) is 54.5 Å². The molecule has 0 atom stereocenters. The van der Waals surface area contributed by atoms with Crippen LogP contribution >= 0.6 is 23.2 Å². The number of nitrogens with one attached hydrogen (secondary N) is 1. The van der Waals surface area contributed by atoms with Gasteiger partial charge in [-0.1, -0.05) is 23.2 Å². The molecule has 1 N–H and O–H groups in total. The summed E-state index contributed by atoms with van der Waals surface area (Å²) >= 11 is 12.1. The van der Waals surface area contributed by atoms with E-state index in [9.17, 15) is 14.9 Å². The zero-order valence-corrected chi connectivity index (χ0v) is 19.7. The van der Waals surface area contributed by atoms with E-state index in [1.54, 1.807) is 35.2 Å². The van der Waals surface area contributed by atoms with Crippen molar-refractivity contribution < 1.29 is 14.5 Å². The van der Waals surface area contributed by atoms with Crippen LogP contribution in [0.5, 0.6) is 0 Å². The first-order valence-electron chi connectivity index (χ1n) is 10.2. The lowest BCUT2D eigenvalue weighted by Gasteiger charge is -2.36. The Morgan fingerprint density at radius 1 is 1.09 bits per heavy atom. The van der Waals surface area contributed by atoms with Crippen molar-refractivity contribution in [2.24, 2.45) is 0 Å². The van der Waals surface area contributed by atoms with Crippen molar-refractivity contribution in [2.45, 2.75) is 32.9 Å². The second-order valence-electron chi connectivity index (χ2n) is 8.54. The minimum Gasteiger partial charge on any atom is -0.444 e. The van der Waals surface area contributed by atoms with Gasteiger partial charge in [-0.25, -0.2) is 4.79 Å². The zero-order chi connectivity index (χ0) is 23.5. The largest absolute Gasteiger partial charge is 0.444 e. The van der Waals surface area contributed by atoms with Crippen LogP contribution in [-0.2, 0) is 11.3 Å². The molecule has 1 heterocycles. The second-order valence-corrected chi connectivity index (χ2v) is 9.42. The number of carbonyl (C=O) groups excluding carboxylic acids is 1. The molecule has 3 rings (SSSR count). The fraction of sp³-hybridized carbons (Fsp3) is 0.409. The number of amides is 1. The molecule has 0 aliphatic carbocycles. The first kappa shape index (κ1) is 23.9. The summed E-state index contributed by atoms with van der Waals surface area (Å²) in [5.41, 5.74) is 1.49. The number of carbonyl (C=O) groups is 1. The maximum absolute atomic E-state index is 12.3. The van der Waals surface area contributed by atoms with Crippen molar-refractivity contribution in [1.82, 2.24) is 4.90 Å². The summed E-state index contributed by atoms with van der Waals surface area (Å²) in [4.78, 5) is 27.1. The van der Waals surface area contributed by atoms with Crippen molar-refractivity contribution in [3.8, 4) is 0 Å². The molecule has 1 aliphatic heterocycles. The van der Waals surface area contributed by atoms with Gasteiger partial charge in [-0.05, 0) is 56.7 Å². The predicted octanol–water partition coefficient (Wildman–Crippen LogP) is 5.57. The van der Waals surface area contributed by atoms with Crippen LogP contribution in [0.3, 0.4) is 0 Å². The minimum absolute atomic E-state index is 0.0192. The first-order valence-corrected chi connectivity index (χ1v) is 11.0. The van der Waals surface area contributed by atoms with E-state index in [-0.39, 0.29) is 11.8 Å². The van der Waals surface area contributed by atoms with Gasteiger partial charge in [0.05, 0.1) is 4.92 Å². The number of hydrogen-bond donors (Lipinski definition) is 1. The van der Waals surface area contributed by atoms with Crippen LogP contribution < -0.4 is 10.2 Å². The number of benzene rings is 2. The molecule has 0 saturated carbocycles. The summed E-state index contributed by atoms with van der Waals surface area (Å²) in [6, 6.07) is 10.1. The van der Waals surface area contributed by atoms with Gasteiger partial charge in [0.25, 0.3) is 5.69 Å². The maximum atomic E-state index is 12.3. The van der Waals surface area contributed by atoms with Crippen molar-refractivity contribution in [3.05, 3.63) is 62.1 Å². The van der Waals surface area contributed by atoms with E-state index < -0.39 is 10.5 Å². The molecule has 32 heavy (non-hydrogen) atoms. The van der Waals surface area contributed by atoms with Crippen LogP contribution in [-0.4, -0.2) is 47.7 Å². The highest BCUT2D eigenvalue weighted by Crippen LogP contribution is 2.31. The molecule has 2 aromatic carbocycles. The smallest absolute Gasteiger partial charge is 0.410 e. The molecule has 8 nitrogen and oxygen atoms in total. The number of nitro groups is 1. The monoisotopic (exact) mass is 480 g/mol. The number of ether oxygens (including phenoxy) is 1. The molecular formula is C22H26Cl2N4O4. The Morgan fingerprint density at radius 3 is 2.28 bits per heavy atom. The molecule has 0 spiro atoms. The summed E-state index contributed by atoms with van der Waals surface area (Å²) < 4.78 is 5.43. The van der Waals surface area contributed by atoms with E-state index in [0.717, 1.165) is 11.3 Å². The number of nitro benzene ring substituents is 1. The lowest BCUT2D eigenvalue weighted by atomic mass is 10.1. The lowest BCUT2D eigenvalue weighted by Crippen LogP contribution is -2.50. The minimum atomic E-state index is -0.541. The average molecular weight is 481 g/mol. The quantitative estimate of drug-likeness (QED) is 0.444. The Morgan fingerprint density at radius 2 is 1.72 bits per heavy atom. The van der Waals surface area contributed by atoms with Crippen LogP contribution in [0.25, 0.3) is 0 Å². The molecule has 172 valence electrons. The number of piperazine rings is 1. The molecular weight excluding hydrogens is 455 g/mol. The molecule has 2 aromatic rings. The Hall–Kier alpha value is -2.71. The molecule has 10 heteroatoms. The molecule has 1 amide bonds.